The number of benzene rings is 1. The molecule has 1 aromatic carbocycles. The van der Waals surface area contributed by atoms with Gasteiger partial charge in [0.2, 0.25) is 0 Å². The van der Waals surface area contributed by atoms with Crippen LogP contribution in [0.4, 0.5) is 0 Å². The second kappa shape index (κ2) is 5.59. The van der Waals surface area contributed by atoms with Crippen LogP contribution in [0.25, 0.3) is 0 Å². The molecule has 0 bridgehead atoms. The molecule has 0 fully saturated rings. The molecule has 0 aliphatic rings. The van der Waals surface area contributed by atoms with Crippen molar-refractivity contribution in [2.45, 2.75) is 0 Å². The van der Waals surface area contributed by atoms with Gasteiger partial charge < -0.3 is 0 Å². The van der Waals surface area contributed by atoms with Crippen molar-refractivity contribution in [3.8, 4) is 0 Å². The van der Waals surface area contributed by atoms with Crippen LogP contribution in [-0.2, 0) is 4.79 Å². The molecule has 1 aromatic rings. The number of amidine groups is 1. The van der Waals surface area contributed by atoms with Crippen LogP contribution in [0.15, 0.2) is 52.6 Å². The number of carbonyl (C=O) groups excluding carboxylic acids is 1. The van der Waals surface area contributed by atoms with Crippen molar-refractivity contribution in [1.82, 2.24) is 0 Å². The lowest BCUT2D eigenvalue weighted by Gasteiger charge is -1.96. The summed E-state index contributed by atoms with van der Waals surface area (Å²) in [6.45, 7) is 3.41. The number of hydrogen-bond acceptors (Lipinski definition) is 2. The molecule has 0 unspecified atom stereocenters. The van der Waals surface area contributed by atoms with Crippen LogP contribution in [0, 0.1) is 0 Å². The van der Waals surface area contributed by atoms with Gasteiger partial charge in [-0.2, -0.15) is 0 Å². The molecular weight excluding hydrogens is 176 g/mol. The summed E-state index contributed by atoms with van der Waals surface area (Å²) in [4.78, 5) is 17.7. The van der Waals surface area contributed by atoms with E-state index in [2.05, 4.69) is 16.7 Å². The number of carbonyl (C=O) groups is 1. The molecule has 0 aliphatic carbocycles. The lowest BCUT2D eigenvalue weighted by molar-refractivity contribution is -0.104. The number of hydrogen-bond donors (Lipinski definition) is 0. The van der Waals surface area contributed by atoms with Crippen LogP contribution >= 0.6 is 0 Å². The maximum atomic E-state index is 10.0. The topological polar surface area (TPSA) is 41.8 Å². The molecule has 0 heterocycles. The fourth-order valence-electron chi connectivity index (χ4n) is 0.943. The first kappa shape index (κ1) is 10.1. The molecular formula is C11H10N2O. The minimum Gasteiger partial charge on any atom is -0.299 e. The summed E-state index contributed by atoms with van der Waals surface area (Å²) in [5.41, 5.74) is 0.873. The molecule has 0 aliphatic heterocycles. The number of allylic oxidation sites excluding steroid dienone is 1. The molecule has 0 aromatic heterocycles. The van der Waals surface area contributed by atoms with E-state index < -0.39 is 0 Å². The fraction of sp³-hybridized carbons (Fsp3) is 0. The van der Waals surface area contributed by atoms with E-state index in [9.17, 15) is 4.79 Å². The van der Waals surface area contributed by atoms with Crippen LogP contribution in [0.1, 0.15) is 5.56 Å². The van der Waals surface area contributed by atoms with Crippen molar-refractivity contribution in [2.75, 3.05) is 0 Å². The molecule has 0 saturated heterocycles. The highest BCUT2D eigenvalue weighted by atomic mass is 16.1. The standard InChI is InChI=1S/C11H10N2O/c1-12-11(13-8-5-9-14)10-6-3-2-4-7-10/h2-9H,1H2/b8-5+,13-11?. The van der Waals surface area contributed by atoms with Gasteiger partial charge in [0.15, 0.2) is 5.84 Å². The van der Waals surface area contributed by atoms with E-state index in [1.807, 2.05) is 30.3 Å². The Balaban J connectivity index is 2.93. The van der Waals surface area contributed by atoms with Gasteiger partial charge in [0.25, 0.3) is 0 Å². The fourth-order valence-corrected chi connectivity index (χ4v) is 0.943. The van der Waals surface area contributed by atoms with Crippen molar-refractivity contribution in [1.29, 1.82) is 0 Å². The highest BCUT2D eigenvalue weighted by Crippen LogP contribution is 2.02. The van der Waals surface area contributed by atoms with Crippen LogP contribution < -0.4 is 0 Å². The number of aldehydes is 1. The normalized spacial score (nSPS) is 11.6. The molecule has 14 heavy (non-hydrogen) atoms. The Morgan fingerprint density at radius 3 is 2.57 bits per heavy atom. The lowest BCUT2D eigenvalue weighted by atomic mass is 10.2. The van der Waals surface area contributed by atoms with E-state index in [1.165, 1.54) is 12.3 Å². The summed E-state index contributed by atoms with van der Waals surface area (Å²) in [6, 6.07) is 9.44. The zero-order valence-corrected chi connectivity index (χ0v) is 7.63. The summed E-state index contributed by atoms with van der Waals surface area (Å²) in [5.74, 6) is 0.503. The first-order chi connectivity index (χ1) is 6.88. The van der Waals surface area contributed by atoms with E-state index in [1.54, 1.807) is 0 Å². The molecule has 0 amide bonds. The van der Waals surface area contributed by atoms with Gasteiger partial charge in [-0.15, -0.1) is 0 Å². The number of aliphatic imine (C=N–C) groups is 2. The maximum absolute atomic E-state index is 10.0. The van der Waals surface area contributed by atoms with E-state index in [0.29, 0.717) is 12.1 Å². The third kappa shape index (κ3) is 2.79. The monoisotopic (exact) mass is 186 g/mol. The predicted octanol–water partition coefficient (Wildman–Crippen LogP) is 1.85. The zero-order valence-electron chi connectivity index (χ0n) is 7.63. The Morgan fingerprint density at radius 2 is 2.00 bits per heavy atom. The second-order valence-electron chi connectivity index (χ2n) is 2.45. The Labute approximate surface area is 82.5 Å². The summed E-state index contributed by atoms with van der Waals surface area (Å²) in [5, 5.41) is 0. The summed E-state index contributed by atoms with van der Waals surface area (Å²) in [7, 11) is 0. The van der Waals surface area contributed by atoms with Gasteiger partial charge in [0.1, 0.15) is 6.29 Å². The first-order valence-corrected chi connectivity index (χ1v) is 4.08. The van der Waals surface area contributed by atoms with E-state index in [0.717, 1.165) is 5.56 Å². The van der Waals surface area contributed by atoms with E-state index >= 15 is 0 Å². The second-order valence-corrected chi connectivity index (χ2v) is 2.45. The van der Waals surface area contributed by atoms with Gasteiger partial charge in [0.05, 0.1) is 0 Å². The van der Waals surface area contributed by atoms with E-state index in [-0.39, 0.29) is 0 Å². The van der Waals surface area contributed by atoms with Crippen molar-refractivity contribution in [2.24, 2.45) is 9.98 Å². The van der Waals surface area contributed by atoms with Gasteiger partial charge in [-0.25, -0.2) is 9.98 Å². The van der Waals surface area contributed by atoms with Gasteiger partial charge in [0, 0.05) is 11.8 Å². The summed E-state index contributed by atoms with van der Waals surface area (Å²) >= 11 is 0. The highest BCUT2D eigenvalue weighted by Gasteiger charge is 1.96. The molecule has 0 radical (unpaired) electrons. The highest BCUT2D eigenvalue weighted by molar-refractivity contribution is 6.01. The molecule has 3 nitrogen and oxygen atoms in total. The molecule has 0 saturated carbocycles. The minimum absolute atomic E-state index is 0.503. The molecule has 0 atom stereocenters. The van der Waals surface area contributed by atoms with Crippen molar-refractivity contribution in [3.63, 3.8) is 0 Å². The molecule has 1 rings (SSSR count). The Hall–Kier alpha value is -2.03. The zero-order chi connectivity index (χ0) is 10.2. The van der Waals surface area contributed by atoms with Gasteiger partial charge >= 0.3 is 0 Å². The number of rotatable bonds is 3. The van der Waals surface area contributed by atoms with E-state index in [4.69, 9.17) is 0 Å². The third-order valence-corrected chi connectivity index (χ3v) is 1.54. The summed E-state index contributed by atoms with van der Waals surface area (Å²) in [6.07, 6.45) is 3.35. The Kier molecular flexibility index (Phi) is 4.01. The van der Waals surface area contributed by atoms with Crippen molar-refractivity contribution < 1.29 is 4.79 Å². The van der Waals surface area contributed by atoms with Crippen LogP contribution in [0.3, 0.4) is 0 Å². The average molecular weight is 186 g/mol. The smallest absolute Gasteiger partial charge is 0.158 e. The van der Waals surface area contributed by atoms with Crippen LogP contribution in [0.5, 0.6) is 0 Å². The van der Waals surface area contributed by atoms with Crippen molar-refractivity contribution in [3.05, 3.63) is 48.2 Å². The molecule has 70 valence electrons. The van der Waals surface area contributed by atoms with Gasteiger partial charge in [-0.1, -0.05) is 30.3 Å². The summed E-state index contributed by atoms with van der Waals surface area (Å²) < 4.78 is 0. The average Bonchev–Trinajstić information content (AvgIpc) is 2.26. The maximum Gasteiger partial charge on any atom is 0.158 e. The SMILES string of the molecule is C=NC(=N/C=C/C=O)c1ccccc1. The third-order valence-electron chi connectivity index (χ3n) is 1.54. The Bertz CT molecular complexity index is 366. The van der Waals surface area contributed by atoms with Gasteiger partial charge in [-0.3, -0.25) is 4.79 Å². The molecule has 0 spiro atoms. The lowest BCUT2D eigenvalue weighted by Crippen LogP contribution is -1.94. The van der Waals surface area contributed by atoms with Gasteiger partial charge in [-0.05, 0) is 12.8 Å². The predicted molar refractivity (Wildman–Crippen MR) is 57.7 cm³/mol. The molecule has 3 heteroatoms. The van der Waals surface area contributed by atoms with Crippen LogP contribution in [-0.4, -0.2) is 18.8 Å². The van der Waals surface area contributed by atoms with Crippen LogP contribution in [0.2, 0.25) is 0 Å². The Morgan fingerprint density at radius 1 is 1.29 bits per heavy atom. The number of nitrogens with zero attached hydrogens (tertiary/aromatic N) is 2. The molecule has 0 N–H and O–H groups in total. The quantitative estimate of drug-likeness (QED) is 0.307. The first-order valence-electron chi connectivity index (χ1n) is 4.08. The largest absolute Gasteiger partial charge is 0.299 e. The van der Waals surface area contributed by atoms with Crippen molar-refractivity contribution >= 4 is 18.8 Å². The minimum atomic E-state index is 0.503.